The second kappa shape index (κ2) is 8.01. The molecule has 24 heavy (non-hydrogen) atoms. The van der Waals surface area contributed by atoms with E-state index in [4.69, 9.17) is 1.37 Å². The van der Waals surface area contributed by atoms with Gasteiger partial charge in [0.05, 0.1) is 9.44 Å². The van der Waals surface area contributed by atoms with Crippen molar-refractivity contribution in [1.82, 2.24) is 15.0 Å². The first-order valence-electron chi connectivity index (χ1n) is 8.85. The van der Waals surface area contributed by atoms with Crippen molar-refractivity contribution in [2.24, 2.45) is 0 Å². The Hall–Kier alpha value is -2.27. The second-order valence-corrected chi connectivity index (χ2v) is 11.9. The standard InChI is InChI=1S/C17H20N4Si.C2H6/c1-22(2,3)13-21(14-7-5-4-6-8-14)16-10-9-15-17(20-16)19-12-11-18-15;1-2/h4-12H,13H2,1-3H3;1-2H3/i12D;. The van der Waals surface area contributed by atoms with Crippen molar-refractivity contribution >= 4 is 30.7 Å². The molecule has 0 radical (unpaired) electrons. The zero-order valence-corrected chi connectivity index (χ0v) is 16.1. The molecule has 1 aromatic carbocycles. The highest BCUT2D eigenvalue weighted by Crippen LogP contribution is 2.26. The number of benzene rings is 1. The van der Waals surface area contributed by atoms with E-state index >= 15 is 0 Å². The summed E-state index contributed by atoms with van der Waals surface area (Å²) in [6.07, 6.45) is 2.54. The summed E-state index contributed by atoms with van der Waals surface area (Å²) in [6.45, 7) is 11.0. The Morgan fingerprint density at radius 1 is 1.00 bits per heavy atom. The van der Waals surface area contributed by atoms with Crippen LogP contribution in [0, 0.1) is 0 Å². The minimum Gasteiger partial charge on any atom is -0.329 e. The van der Waals surface area contributed by atoms with Crippen molar-refractivity contribution in [3.05, 3.63) is 54.8 Å². The van der Waals surface area contributed by atoms with Gasteiger partial charge in [0, 0.05) is 24.2 Å². The minimum atomic E-state index is -1.35. The maximum Gasteiger partial charge on any atom is 0.180 e. The van der Waals surface area contributed by atoms with Gasteiger partial charge in [-0.25, -0.2) is 9.97 Å². The maximum atomic E-state index is 7.64. The van der Waals surface area contributed by atoms with E-state index in [1.807, 2.05) is 44.2 Å². The molecule has 0 spiro atoms. The third-order valence-corrected chi connectivity index (χ3v) is 4.51. The Kier molecular flexibility index (Phi) is 5.54. The summed E-state index contributed by atoms with van der Waals surface area (Å²) in [6, 6.07) is 14.2. The molecule has 0 unspecified atom stereocenters. The van der Waals surface area contributed by atoms with Crippen LogP contribution in [0.3, 0.4) is 0 Å². The molecular weight excluding hydrogens is 312 g/mol. The lowest BCUT2D eigenvalue weighted by Crippen LogP contribution is -2.38. The van der Waals surface area contributed by atoms with Gasteiger partial charge in [-0.15, -0.1) is 0 Å². The molecule has 3 rings (SSSR count). The predicted molar refractivity (Wildman–Crippen MR) is 105 cm³/mol. The number of fused-ring (bicyclic) bond motifs is 1. The van der Waals surface area contributed by atoms with Gasteiger partial charge >= 0.3 is 0 Å². The molecule has 2 heterocycles. The fraction of sp³-hybridized carbons (Fsp3) is 0.316. The summed E-state index contributed by atoms with van der Waals surface area (Å²) in [4.78, 5) is 15.3. The molecule has 0 bridgehead atoms. The number of hydrogen-bond donors (Lipinski definition) is 0. The molecule has 0 fully saturated rings. The third kappa shape index (κ3) is 4.61. The molecule has 0 saturated carbocycles. The number of nitrogens with zero attached hydrogens (tertiary/aromatic N) is 4. The molecule has 126 valence electrons. The summed E-state index contributed by atoms with van der Waals surface area (Å²) in [7, 11) is -1.35. The van der Waals surface area contributed by atoms with E-state index in [1.165, 1.54) is 6.20 Å². The van der Waals surface area contributed by atoms with Crippen molar-refractivity contribution in [3.8, 4) is 0 Å². The van der Waals surface area contributed by atoms with Gasteiger partial charge in [-0.3, -0.25) is 4.98 Å². The molecule has 0 aliphatic carbocycles. The van der Waals surface area contributed by atoms with E-state index in [1.54, 1.807) is 0 Å². The molecule has 0 aliphatic heterocycles. The highest BCUT2D eigenvalue weighted by atomic mass is 28.3. The monoisotopic (exact) mass is 339 g/mol. The Morgan fingerprint density at radius 2 is 1.71 bits per heavy atom. The minimum absolute atomic E-state index is 0.138. The molecule has 0 atom stereocenters. The highest BCUT2D eigenvalue weighted by Gasteiger charge is 2.21. The number of aromatic nitrogens is 3. The van der Waals surface area contributed by atoms with Crippen LogP contribution < -0.4 is 4.90 Å². The van der Waals surface area contributed by atoms with Gasteiger partial charge in [0.15, 0.2) is 5.65 Å². The lowest BCUT2D eigenvalue weighted by Gasteiger charge is -2.30. The van der Waals surface area contributed by atoms with Crippen LogP contribution in [0.5, 0.6) is 0 Å². The molecular formula is C19H26N4Si. The number of hydrogen-bond acceptors (Lipinski definition) is 4. The quantitative estimate of drug-likeness (QED) is 0.623. The zero-order chi connectivity index (χ0) is 18.4. The third-order valence-electron chi connectivity index (χ3n) is 3.25. The van der Waals surface area contributed by atoms with Crippen LogP contribution in [0.4, 0.5) is 11.5 Å². The first-order valence-corrected chi connectivity index (χ1v) is 12.1. The van der Waals surface area contributed by atoms with Crippen LogP contribution in [0.2, 0.25) is 19.6 Å². The van der Waals surface area contributed by atoms with Gasteiger partial charge in [0.1, 0.15) is 11.3 Å². The average Bonchev–Trinajstić information content (AvgIpc) is 2.61. The van der Waals surface area contributed by atoms with E-state index < -0.39 is 8.07 Å². The normalized spacial score (nSPS) is 11.5. The fourth-order valence-electron chi connectivity index (χ4n) is 2.34. The van der Waals surface area contributed by atoms with Crippen LogP contribution in [-0.4, -0.2) is 29.2 Å². The SMILES string of the molecule is CC.[2H]c1cnc2ccc(N(C[Si](C)(C)C)c3ccccc3)nc2n1. The van der Waals surface area contributed by atoms with Crippen molar-refractivity contribution < 1.29 is 1.37 Å². The van der Waals surface area contributed by atoms with Crippen LogP contribution >= 0.6 is 0 Å². The number of para-hydroxylation sites is 1. The summed E-state index contributed by atoms with van der Waals surface area (Å²) in [5, 5.41) is 0. The van der Waals surface area contributed by atoms with E-state index in [9.17, 15) is 0 Å². The Balaban J connectivity index is 0.00000109. The van der Waals surface area contributed by atoms with E-state index in [0.29, 0.717) is 11.2 Å². The van der Waals surface area contributed by atoms with Crippen molar-refractivity contribution in [1.29, 1.82) is 0 Å². The number of anilines is 2. The molecule has 0 N–H and O–H groups in total. The topological polar surface area (TPSA) is 41.9 Å². The van der Waals surface area contributed by atoms with Gasteiger partial charge in [-0.2, -0.15) is 0 Å². The van der Waals surface area contributed by atoms with Gasteiger partial charge in [-0.05, 0) is 24.3 Å². The van der Waals surface area contributed by atoms with Gasteiger partial charge < -0.3 is 4.90 Å². The Labute approximate surface area is 147 Å². The second-order valence-electron chi connectivity index (χ2n) is 6.49. The smallest absolute Gasteiger partial charge is 0.180 e. The van der Waals surface area contributed by atoms with Gasteiger partial charge in [0.2, 0.25) is 0 Å². The number of rotatable bonds is 4. The lowest BCUT2D eigenvalue weighted by molar-refractivity contribution is 1.07. The average molecular weight is 340 g/mol. The zero-order valence-electron chi connectivity index (χ0n) is 16.1. The molecule has 2 aromatic heterocycles. The first kappa shape index (κ1) is 16.6. The molecule has 3 aromatic rings. The van der Waals surface area contributed by atoms with Gasteiger partial charge in [0.25, 0.3) is 0 Å². The summed E-state index contributed by atoms with van der Waals surface area (Å²) in [5.74, 6) is 0.853. The first-order chi connectivity index (χ1) is 11.9. The molecule has 0 aliphatic rings. The van der Waals surface area contributed by atoms with E-state index in [2.05, 4.69) is 51.6 Å². The Morgan fingerprint density at radius 3 is 2.38 bits per heavy atom. The lowest BCUT2D eigenvalue weighted by atomic mass is 10.3. The summed E-state index contributed by atoms with van der Waals surface area (Å²) >= 11 is 0. The molecule has 4 nitrogen and oxygen atoms in total. The van der Waals surface area contributed by atoms with Crippen LogP contribution in [-0.2, 0) is 0 Å². The van der Waals surface area contributed by atoms with E-state index in [-0.39, 0.29) is 6.17 Å². The van der Waals surface area contributed by atoms with Crippen molar-refractivity contribution in [2.45, 2.75) is 33.5 Å². The Bertz CT molecular complexity index is 819. The van der Waals surface area contributed by atoms with Crippen LogP contribution in [0.25, 0.3) is 11.2 Å². The fourth-order valence-corrected chi connectivity index (χ4v) is 3.63. The molecule has 0 saturated heterocycles. The summed E-state index contributed by atoms with van der Waals surface area (Å²) < 4.78 is 7.64. The highest BCUT2D eigenvalue weighted by molar-refractivity contribution is 6.76. The number of pyridine rings is 1. The van der Waals surface area contributed by atoms with Crippen molar-refractivity contribution in [2.75, 3.05) is 11.1 Å². The van der Waals surface area contributed by atoms with Gasteiger partial charge in [-0.1, -0.05) is 51.7 Å². The largest absolute Gasteiger partial charge is 0.329 e. The molecule has 5 heteroatoms. The molecule has 0 amide bonds. The van der Waals surface area contributed by atoms with Crippen LogP contribution in [0.1, 0.15) is 15.2 Å². The van der Waals surface area contributed by atoms with Crippen LogP contribution in [0.15, 0.2) is 54.8 Å². The van der Waals surface area contributed by atoms with Crippen molar-refractivity contribution in [3.63, 3.8) is 0 Å². The van der Waals surface area contributed by atoms with E-state index in [0.717, 1.165) is 17.7 Å². The predicted octanol–water partition coefficient (Wildman–Crippen LogP) is 5.07. The maximum absolute atomic E-state index is 7.64. The summed E-state index contributed by atoms with van der Waals surface area (Å²) in [5.41, 5.74) is 2.36.